The van der Waals surface area contributed by atoms with Crippen LogP contribution in [0.2, 0.25) is 0 Å². The van der Waals surface area contributed by atoms with Gasteiger partial charge >= 0.3 is 6.03 Å². The third-order valence-electron chi connectivity index (χ3n) is 1.15. The fourth-order valence-corrected chi connectivity index (χ4v) is 0.815. The number of nitrogens with one attached hydrogen (secondary N) is 1. The zero-order valence-electron chi connectivity index (χ0n) is 6.06. The molecule has 0 saturated heterocycles. The lowest BCUT2D eigenvalue weighted by atomic mass is 10.3. The predicted molar refractivity (Wildman–Crippen MR) is 46.0 cm³/mol. The molecular weight excluding hydrogens is 176 g/mol. The van der Waals surface area contributed by atoms with Gasteiger partial charge in [-0.05, 0) is 12.1 Å². The standard InChI is InChI=1S/C7H6N2O2S/c10-7(9-12-11)8-6-4-2-1-3-5-6/h1-5H,(H,8,10). The summed E-state index contributed by atoms with van der Waals surface area (Å²) in [7, 11) is 0. The highest BCUT2D eigenvalue weighted by Crippen LogP contribution is 2.04. The monoisotopic (exact) mass is 182 g/mol. The van der Waals surface area contributed by atoms with Gasteiger partial charge in [-0.1, -0.05) is 22.6 Å². The molecule has 1 aromatic carbocycles. The lowest BCUT2D eigenvalue weighted by Crippen LogP contribution is -2.04. The minimum Gasteiger partial charge on any atom is -0.305 e. The smallest absolute Gasteiger partial charge is 0.305 e. The number of hydrogen-bond acceptors (Lipinski definition) is 2. The van der Waals surface area contributed by atoms with Crippen molar-refractivity contribution in [3.63, 3.8) is 0 Å². The Kier molecular flexibility index (Phi) is 3.16. The second-order valence-corrected chi connectivity index (χ2v) is 2.29. The second-order valence-electron chi connectivity index (χ2n) is 1.96. The van der Waals surface area contributed by atoms with Gasteiger partial charge in [0, 0.05) is 5.69 Å². The number of para-hydroxylation sites is 1. The van der Waals surface area contributed by atoms with E-state index < -0.39 is 6.03 Å². The second kappa shape index (κ2) is 4.40. The SMILES string of the molecule is O=S=NC(=O)Nc1ccccc1. The maximum Gasteiger partial charge on any atom is 0.358 e. The van der Waals surface area contributed by atoms with Crippen LogP contribution in [0.3, 0.4) is 0 Å². The average Bonchev–Trinajstić information content (AvgIpc) is 2.06. The summed E-state index contributed by atoms with van der Waals surface area (Å²) in [4.78, 5) is 10.7. The van der Waals surface area contributed by atoms with Crippen molar-refractivity contribution in [3.8, 4) is 0 Å². The third-order valence-corrected chi connectivity index (χ3v) is 1.39. The van der Waals surface area contributed by atoms with Crippen molar-refractivity contribution in [1.29, 1.82) is 0 Å². The Balaban J connectivity index is 2.64. The quantitative estimate of drug-likeness (QED) is 0.717. The molecule has 5 heteroatoms. The van der Waals surface area contributed by atoms with Crippen LogP contribution in [0.1, 0.15) is 0 Å². The highest BCUT2D eigenvalue weighted by atomic mass is 32.1. The molecule has 2 amide bonds. The number of carbonyl (C=O) groups is 1. The number of anilines is 1. The van der Waals surface area contributed by atoms with E-state index in [1.807, 2.05) is 6.07 Å². The van der Waals surface area contributed by atoms with E-state index >= 15 is 0 Å². The fraction of sp³-hybridized carbons (Fsp3) is 0. The number of amides is 2. The minimum absolute atomic E-state index is 0.108. The Morgan fingerprint density at radius 2 is 2.00 bits per heavy atom. The molecule has 62 valence electrons. The van der Waals surface area contributed by atoms with Crippen LogP contribution in [0, 0.1) is 0 Å². The summed E-state index contributed by atoms with van der Waals surface area (Å²) < 4.78 is 12.9. The maximum absolute atomic E-state index is 10.7. The van der Waals surface area contributed by atoms with Gasteiger partial charge in [-0.3, -0.25) is 0 Å². The summed E-state index contributed by atoms with van der Waals surface area (Å²) in [5, 5.41) is 2.42. The van der Waals surface area contributed by atoms with Crippen molar-refractivity contribution in [2.24, 2.45) is 4.36 Å². The van der Waals surface area contributed by atoms with E-state index in [1.54, 1.807) is 24.3 Å². The molecule has 0 aliphatic carbocycles. The van der Waals surface area contributed by atoms with Crippen molar-refractivity contribution >= 4 is 23.2 Å². The summed E-state index contributed by atoms with van der Waals surface area (Å²) in [6.07, 6.45) is 0. The Morgan fingerprint density at radius 3 is 2.58 bits per heavy atom. The number of benzene rings is 1. The molecule has 0 unspecified atom stereocenters. The van der Waals surface area contributed by atoms with E-state index in [2.05, 4.69) is 9.68 Å². The van der Waals surface area contributed by atoms with Crippen LogP contribution in [0.15, 0.2) is 34.7 Å². The van der Waals surface area contributed by atoms with Crippen LogP contribution in [0.5, 0.6) is 0 Å². The lowest BCUT2D eigenvalue weighted by Gasteiger charge is -1.97. The first-order valence-electron chi connectivity index (χ1n) is 3.19. The Morgan fingerprint density at radius 1 is 1.33 bits per heavy atom. The molecule has 0 bridgehead atoms. The van der Waals surface area contributed by atoms with Gasteiger partial charge in [0.1, 0.15) is 0 Å². The molecule has 1 N–H and O–H groups in total. The summed E-state index contributed by atoms with van der Waals surface area (Å²) in [5.74, 6) is 0. The molecule has 0 spiro atoms. The number of carbonyl (C=O) groups excluding carboxylic acids is 1. The first kappa shape index (κ1) is 8.61. The Bertz CT molecular complexity index is 319. The first-order valence-corrected chi connectivity index (χ1v) is 3.89. The van der Waals surface area contributed by atoms with Gasteiger partial charge in [-0.15, -0.1) is 0 Å². The topological polar surface area (TPSA) is 58.5 Å². The summed E-state index contributed by atoms with van der Waals surface area (Å²) in [6, 6.07) is 8.17. The predicted octanol–water partition coefficient (Wildman–Crippen LogP) is 1.62. The van der Waals surface area contributed by atoms with Gasteiger partial charge in [0.2, 0.25) is 11.5 Å². The van der Waals surface area contributed by atoms with Gasteiger partial charge in [-0.25, -0.2) is 4.79 Å². The fourth-order valence-electron chi connectivity index (χ4n) is 0.702. The van der Waals surface area contributed by atoms with Gasteiger partial charge in [0.05, 0.1) is 0 Å². The van der Waals surface area contributed by atoms with Crippen molar-refractivity contribution in [1.82, 2.24) is 0 Å². The molecule has 0 radical (unpaired) electrons. The highest BCUT2D eigenvalue weighted by Gasteiger charge is 1.96. The van der Waals surface area contributed by atoms with Crippen molar-refractivity contribution < 1.29 is 9.00 Å². The molecule has 1 rings (SSSR count). The molecule has 0 aliphatic heterocycles. The summed E-state index contributed by atoms with van der Waals surface area (Å²) in [6.45, 7) is 0. The molecule has 0 fully saturated rings. The zero-order valence-corrected chi connectivity index (χ0v) is 6.88. The van der Waals surface area contributed by atoms with Crippen LogP contribution in [-0.4, -0.2) is 10.2 Å². The minimum atomic E-state index is -0.638. The van der Waals surface area contributed by atoms with E-state index in [0.717, 1.165) is 0 Å². The van der Waals surface area contributed by atoms with Crippen molar-refractivity contribution in [3.05, 3.63) is 30.3 Å². The van der Waals surface area contributed by atoms with Gasteiger partial charge in [0.25, 0.3) is 0 Å². The van der Waals surface area contributed by atoms with E-state index in [1.165, 1.54) is 0 Å². The van der Waals surface area contributed by atoms with E-state index in [4.69, 9.17) is 0 Å². The zero-order chi connectivity index (χ0) is 8.81. The van der Waals surface area contributed by atoms with Crippen LogP contribution >= 0.6 is 0 Å². The highest BCUT2D eigenvalue weighted by molar-refractivity contribution is 7.55. The van der Waals surface area contributed by atoms with Gasteiger partial charge < -0.3 is 5.32 Å². The van der Waals surface area contributed by atoms with Gasteiger partial charge in [-0.2, -0.15) is 4.21 Å². The molecule has 12 heavy (non-hydrogen) atoms. The van der Waals surface area contributed by atoms with Crippen LogP contribution in [0.25, 0.3) is 0 Å². The van der Waals surface area contributed by atoms with Crippen LogP contribution < -0.4 is 5.32 Å². The number of hydrogen-bond donors (Lipinski definition) is 1. The molecule has 0 aromatic heterocycles. The summed E-state index contributed by atoms with van der Waals surface area (Å²) >= 11 is -0.108. The molecule has 0 saturated carbocycles. The van der Waals surface area contributed by atoms with Gasteiger partial charge in [0.15, 0.2) is 0 Å². The normalized spacial score (nSPS) is 8.67. The molecule has 0 atom stereocenters. The largest absolute Gasteiger partial charge is 0.358 e. The molecule has 1 aromatic rings. The maximum atomic E-state index is 10.7. The first-order chi connectivity index (χ1) is 5.83. The third kappa shape index (κ3) is 2.63. The Hall–Kier alpha value is -1.49. The van der Waals surface area contributed by atoms with Crippen LogP contribution in [0.4, 0.5) is 10.5 Å². The summed E-state index contributed by atoms with van der Waals surface area (Å²) in [5.41, 5.74) is 0.625. The number of urea groups is 1. The van der Waals surface area contributed by atoms with Crippen molar-refractivity contribution in [2.75, 3.05) is 5.32 Å². The Labute approximate surface area is 72.9 Å². The molecular formula is C7H6N2O2S. The van der Waals surface area contributed by atoms with E-state index in [0.29, 0.717) is 5.69 Å². The van der Waals surface area contributed by atoms with E-state index in [-0.39, 0.29) is 11.5 Å². The number of nitrogens with zero attached hydrogens (tertiary/aromatic N) is 1. The van der Waals surface area contributed by atoms with E-state index in [9.17, 15) is 9.00 Å². The lowest BCUT2D eigenvalue weighted by molar-refractivity contribution is 0.260. The van der Waals surface area contributed by atoms with Crippen LogP contribution in [-0.2, 0) is 11.5 Å². The molecule has 4 nitrogen and oxygen atoms in total. The molecule has 0 aliphatic rings. The molecule has 0 heterocycles. The van der Waals surface area contributed by atoms with Crippen molar-refractivity contribution in [2.45, 2.75) is 0 Å². The average molecular weight is 182 g/mol. The number of rotatable bonds is 1.